The minimum absolute atomic E-state index is 0.0983. The van der Waals surface area contributed by atoms with Gasteiger partial charge >= 0.3 is 0 Å². The number of nitrogens with zero attached hydrogens (tertiary/aromatic N) is 4. The van der Waals surface area contributed by atoms with E-state index in [1.807, 2.05) is 62.4 Å². The first-order chi connectivity index (χ1) is 17.7. The van der Waals surface area contributed by atoms with Crippen LogP contribution >= 0.6 is 0 Å². The third-order valence-corrected chi connectivity index (χ3v) is 7.52. The minimum Gasteiger partial charge on any atom is -0.330 e. The average molecular weight is 496 g/mol. The largest absolute Gasteiger partial charge is 0.330 e. The molecule has 3 aromatic rings. The quantitative estimate of drug-likeness (QED) is 0.580. The van der Waals surface area contributed by atoms with Crippen LogP contribution in [-0.4, -0.2) is 58.2 Å². The van der Waals surface area contributed by atoms with Gasteiger partial charge in [0.2, 0.25) is 11.8 Å². The van der Waals surface area contributed by atoms with Gasteiger partial charge in [0.15, 0.2) is 0 Å². The van der Waals surface area contributed by atoms with E-state index in [9.17, 15) is 19.6 Å². The summed E-state index contributed by atoms with van der Waals surface area (Å²) in [7, 11) is 1.62. The molecule has 2 aliphatic rings. The van der Waals surface area contributed by atoms with E-state index < -0.39 is 17.5 Å². The number of aromatic nitrogens is 1. The maximum absolute atomic E-state index is 14.0. The number of rotatable bonds is 5. The Morgan fingerprint density at radius 2 is 1.95 bits per heavy atom. The average Bonchev–Trinajstić information content (AvgIpc) is 3.43. The van der Waals surface area contributed by atoms with E-state index in [2.05, 4.69) is 16.4 Å². The Hall–Kier alpha value is -4.25. The summed E-state index contributed by atoms with van der Waals surface area (Å²) in [5, 5.41) is 13.7. The van der Waals surface area contributed by atoms with Crippen molar-refractivity contribution in [1.82, 2.24) is 14.8 Å². The van der Waals surface area contributed by atoms with Crippen molar-refractivity contribution < 1.29 is 14.4 Å². The molecule has 3 atom stereocenters. The number of nitrogens with one attached hydrogen (secondary N) is 1. The molecule has 37 heavy (non-hydrogen) atoms. The van der Waals surface area contributed by atoms with Gasteiger partial charge in [-0.1, -0.05) is 50.2 Å². The van der Waals surface area contributed by atoms with Gasteiger partial charge in [-0.2, -0.15) is 5.26 Å². The third-order valence-electron chi connectivity index (χ3n) is 7.52. The van der Waals surface area contributed by atoms with E-state index in [-0.39, 0.29) is 36.6 Å². The van der Waals surface area contributed by atoms with E-state index in [0.29, 0.717) is 17.7 Å². The Labute approximate surface area is 215 Å². The number of fused-ring (bicyclic) bond motifs is 3. The van der Waals surface area contributed by atoms with E-state index >= 15 is 0 Å². The molecule has 0 bridgehead atoms. The number of hydrogen-bond donors (Lipinski definition) is 1. The summed E-state index contributed by atoms with van der Waals surface area (Å²) in [4.78, 5) is 48.1. The van der Waals surface area contributed by atoms with E-state index in [1.165, 1.54) is 16.0 Å². The molecule has 3 heterocycles. The molecule has 1 spiro atoms. The van der Waals surface area contributed by atoms with Crippen LogP contribution in [-0.2, 0) is 15.0 Å². The number of carbonyl (C=O) groups is 3. The van der Waals surface area contributed by atoms with Crippen LogP contribution in [0.15, 0.2) is 60.8 Å². The number of benzene rings is 2. The molecule has 8 heteroatoms. The van der Waals surface area contributed by atoms with Crippen LogP contribution in [0.2, 0.25) is 0 Å². The second-order valence-corrected chi connectivity index (χ2v) is 10.4. The van der Waals surface area contributed by atoms with E-state index in [4.69, 9.17) is 0 Å². The number of pyridine rings is 1. The molecule has 188 valence electrons. The standard InChI is InChI=1S/C29H29N5O3/c1-18(2)12-25(33(3)26(35)20-13-19-8-4-6-10-23(19)31-16-20)27(36)34-17-29(14-21(34)15-30)22-9-5-7-11-24(22)32-28(29)37/h4-11,13,16,18,21,25H,12,14,17H2,1-3H3,(H,32,37)/t21-,25-,29-/m0/s1. The Morgan fingerprint density at radius 1 is 1.22 bits per heavy atom. The third kappa shape index (κ3) is 4.10. The molecule has 2 aliphatic heterocycles. The predicted molar refractivity (Wildman–Crippen MR) is 140 cm³/mol. The molecule has 0 radical (unpaired) electrons. The fraction of sp³-hybridized carbons (Fsp3) is 0.345. The summed E-state index contributed by atoms with van der Waals surface area (Å²) in [6, 6.07) is 17.4. The van der Waals surface area contributed by atoms with Crippen LogP contribution < -0.4 is 5.32 Å². The Bertz CT molecular complexity index is 1440. The lowest BCUT2D eigenvalue weighted by atomic mass is 9.80. The van der Waals surface area contributed by atoms with E-state index in [0.717, 1.165) is 16.5 Å². The van der Waals surface area contributed by atoms with Crippen LogP contribution in [0.3, 0.4) is 0 Å². The van der Waals surface area contributed by atoms with Crippen LogP contribution in [0.1, 0.15) is 42.6 Å². The Morgan fingerprint density at radius 3 is 2.70 bits per heavy atom. The fourth-order valence-corrected chi connectivity index (χ4v) is 5.58. The van der Waals surface area contributed by atoms with Crippen molar-refractivity contribution in [3.05, 3.63) is 71.9 Å². The lowest BCUT2D eigenvalue weighted by molar-refractivity contribution is -0.136. The fourth-order valence-electron chi connectivity index (χ4n) is 5.58. The molecule has 1 fully saturated rings. The van der Waals surface area contributed by atoms with Crippen LogP contribution in [0.4, 0.5) is 5.69 Å². The lowest BCUT2D eigenvalue weighted by Gasteiger charge is -2.33. The van der Waals surface area contributed by atoms with Crippen molar-refractivity contribution in [2.24, 2.45) is 5.92 Å². The zero-order valence-electron chi connectivity index (χ0n) is 21.1. The molecule has 2 aromatic carbocycles. The van der Waals surface area contributed by atoms with Gasteiger partial charge in [0, 0.05) is 37.3 Å². The van der Waals surface area contributed by atoms with Crippen molar-refractivity contribution in [3.8, 4) is 6.07 Å². The van der Waals surface area contributed by atoms with Crippen LogP contribution in [0.25, 0.3) is 10.9 Å². The molecule has 1 N–H and O–H groups in total. The van der Waals surface area contributed by atoms with Crippen molar-refractivity contribution in [3.63, 3.8) is 0 Å². The number of carbonyl (C=O) groups excluding carboxylic acids is 3. The molecule has 5 rings (SSSR count). The summed E-state index contributed by atoms with van der Waals surface area (Å²) < 4.78 is 0. The summed E-state index contributed by atoms with van der Waals surface area (Å²) in [6.07, 6.45) is 2.17. The SMILES string of the molecule is CC(C)C[C@@H](C(=O)N1C[C@]2(C[C@H]1C#N)C(=O)Nc1ccccc12)N(C)C(=O)c1cnc2ccccc2c1. The van der Waals surface area contributed by atoms with Gasteiger partial charge in [-0.25, -0.2) is 0 Å². The predicted octanol–water partition coefficient (Wildman–Crippen LogP) is 3.74. The lowest BCUT2D eigenvalue weighted by Crippen LogP contribution is -2.52. The Balaban J connectivity index is 1.46. The number of hydrogen-bond acceptors (Lipinski definition) is 5. The van der Waals surface area contributed by atoms with Gasteiger partial charge in [0.1, 0.15) is 12.1 Å². The molecule has 1 saturated heterocycles. The highest BCUT2D eigenvalue weighted by Gasteiger charge is 2.56. The van der Waals surface area contributed by atoms with Gasteiger partial charge in [0.25, 0.3) is 5.91 Å². The number of nitriles is 1. The Kier molecular flexibility index (Phi) is 6.16. The molecular weight excluding hydrogens is 466 g/mol. The molecule has 0 aliphatic carbocycles. The highest BCUT2D eigenvalue weighted by molar-refractivity contribution is 6.07. The summed E-state index contributed by atoms with van der Waals surface area (Å²) in [6.45, 7) is 4.08. The molecule has 0 unspecified atom stereocenters. The number of anilines is 1. The molecule has 0 saturated carbocycles. The summed E-state index contributed by atoms with van der Waals surface area (Å²) in [5.41, 5.74) is 1.73. The van der Waals surface area contributed by atoms with Crippen LogP contribution in [0.5, 0.6) is 0 Å². The number of amides is 3. The van der Waals surface area contributed by atoms with E-state index in [1.54, 1.807) is 13.1 Å². The molecule has 8 nitrogen and oxygen atoms in total. The maximum atomic E-state index is 14.0. The molecular formula is C29H29N5O3. The van der Waals surface area contributed by atoms with Crippen molar-refractivity contribution in [1.29, 1.82) is 5.26 Å². The zero-order valence-corrected chi connectivity index (χ0v) is 21.1. The normalized spacial score (nSPS) is 21.1. The van der Waals surface area contributed by atoms with Crippen molar-refractivity contribution in [2.75, 3.05) is 18.9 Å². The monoisotopic (exact) mass is 495 g/mol. The smallest absolute Gasteiger partial charge is 0.255 e. The second kappa shape index (κ2) is 9.32. The highest BCUT2D eigenvalue weighted by atomic mass is 16.2. The number of likely N-dealkylation sites (N-methyl/N-ethyl adjacent to an activating group) is 1. The molecule has 1 aromatic heterocycles. The van der Waals surface area contributed by atoms with Crippen LogP contribution in [0, 0.1) is 17.2 Å². The number of likely N-dealkylation sites (tertiary alicyclic amines) is 1. The van der Waals surface area contributed by atoms with Gasteiger partial charge in [-0.3, -0.25) is 19.4 Å². The first-order valence-electron chi connectivity index (χ1n) is 12.5. The molecule has 3 amide bonds. The highest BCUT2D eigenvalue weighted by Crippen LogP contribution is 2.46. The van der Waals surface area contributed by atoms with Gasteiger partial charge in [-0.05, 0) is 36.1 Å². The van der Waals surface area contributed by atoms with Gasteiger partial charge in [-0.15, -0.1) is 0 Å². The summed E-state index contributed by atoms with van der Waals surface area (Å²) in [5.74, 6) is -0.717. The second-order valence-electron chi connectivity index (χ2n) is 10.4. The maximum Gasteiger partial charge on any atom is 0.255 e. The van der Waals surface area contributed by atoms with Crippen molar-refractivity contribution in [2.45, 2.75) is 44.2 Å². The first kappa shape index (κ1) is 24.4. The topological polar surface area (TPSA) is 106 Å². The number of para-hydroxylation sites is 2. The summed E-state index contributed by atoms with van der Waals surface area (Å²) >= 11 is 0. The zero-order chi connectivity index (χ0) is 26.3. The van der Waals surface area contributed by atoms with Gasteiger partial charge < -0.3 is 15.1 Å². The van der Waals surface area contributed by atoms with Gasteiger partial charge in [0.05, 0.1) is 22.6 Å². The minimum atomic E-state index is -0.972. The first-order valence-corrected chi connectivity index (χ1v) is 12.5. The van der Waals surface area contributed by atoms with Crippen molar-refractivity contribution >= 4 is 34.3 Å².